The molecule has 8 nitrogen and oxygen atoms in total. The highest BCUT2D eigenvalue weighted by Crippen LogP contribution is 2.44. The molecule has 1 saturated carbocycles. The van der Waals surface area contributed by atoms with Gasteiger partial charge in [-0.3, -0.25) is 4.98 Å². The van der Waals surface area contributed by atoms with Gasteiger partial charge in [0.2, 0.25) is 0 Å². The van der Waals surface area contributed by atoms with Crippen LogP contribution >= 0.6 is 0 Å². The number of halogens is 2. The molecule has 0 saturated heterocycles. The van der Waals surface area contributed by atoms with Gasteiger partial charge in [0.1, 0.15) is 49.6 Å². The van der Waals surface area contributed by atoms with Gasteiger partial charge in [-0.1, -0.05) is 53.5 Å². The molecule has 5 rings (SSSR count). The van der Waals surface area contributed by atoms with Gasteiger partial charge in [-0.05, 0) is 73.8 Å². The van der Waals surface area contributed by atoms with Crippen molar-refractivity contribution >= 4 is 41.9 Å². The van der Waals surface area contributed by atoms with Crippen LogP contribution in [0.1, 0.15) is 80.7 Å². The molecule has 2 heterocycles. The number of hydrogen-bond acceptors (Lipinski definition) is 8. The minimum absolute atomic E-state index is 0.0334. The first-order valence-corrected chi connectivity index (χ1v) is 19.4. The molecule has 0 bridgehead atoms. The molecule has 0 radical (unpaired) electrons. The number of carbonyl (C=O) groups excluding carboxylic acids is 1. The standard InChI is InChI=1S/C39H48F2N4O4Si/c1-23(2)50(24(3)4,25(5)6)16-13-28-31(40)12-11-26-17-27(49-22-47-10)18-29(32(26)28)34-33(41)35-30(19-42-34)36(45-38(7,8)9)44-37(43-35)48-21-39(20-46)14-15-39/h11-12,17-20,23-25H,14-15,21-22H2,1-10H3,(H,43,44,45). The Morgan fingerprint density at radius 2 is 1.70 bits per heavy atom. The van der Waals surface area contributed by atoms with E-state index < -0.39 is 30.7 Å². The molecule has 11 heteroatoms. The summed E-state index contributed by atoms with van der Waals surface area (Å²) >= 11 is 0. The van der Waals surface area contributed by atoms with Gasteiger partial charge in [0, 0.05) is 29.8 Å². The molecule has 0 amide bonds. The molecule has 2 aromatic carbocycles. The van der Waals surface area contributed by atoms with Crippen molar-refractivity contribution in [1.82, 2.24) is 15.0 Å². The number of rotatable bonds is 12. The van der Waals surface area contributed by atoms with Gasteiger partial charge in [-0.15, -0.1) is 5.54 Å². The van der Waals surface area contributed by atoms with E-state index in [1.165, 1.54) is 19.4 Å². The van der Waals surface area contributed by atoms with Crippen LogP contribution in [-0.4, -0.2) is 55.4 Å². The second-order valence-corrected chi connectivity index (χ2v) is 21.0. The Hall–Kier alpha value is -4.14. The van der Waals surface area contributed by atoms with Crippen LogP contribution in [0, 0.1) is 28.5 Å². The van der Waals surface area contributed by atoms with Gasteiger partial charge in [-0.2, -0.15) is 9.97 Å². The van der Waals surface area contributed by atoms with Crippen LogP contribution in [-0.2, 0) is 9.53 Å². The normalized spacial score (nSPS) is 14.3. The number of carbonyl (C=O) groups is 1. The summed E-state index contributed by atoms with van der Waals surface area (Å²) in [5.41, 5.74) is 4.00. The number of hydrogen-bond donors (Lipinski definition) is 1. The lowest BCUT2D eigenvalue weighted by molar-refractivity contribution is -0.113. The number of ether oxygens (including phenoxy) is 3. The first-order valence-electron chi connectivity index (χ1n) is 17.2. The Balaban J connectivity index is 1.79. The van der Waals surface area contributed by atoms with E-state index in [1.54, 1.807) is 18.2 Å². The first kappa shape index (κ1) is 37.1. The summed E-state index contributed by atoms with van der Waals surface area (Å²) in [5.74, 6) is 2.77. The van der Waals surface area contributed by atoms with E-state index in [0.717, 1.165) is 6.29 Å². The number of aldehydes is 1. The van der Waals surface area contributed by atoms with E-state index in [9.17, 15) is 4.79 Å². The van der Waals surface area contributed by atoms with Crippen molar-refractivity contribution < 1.29 is 27.8 Å². The number of benzene rings is 2. The summed E-state index contributed by atoms with van der Waals surface area (Å²) in [6, 6.07) is 6.35. The SMILES string of the molecule is COCOc1cc(-c2ncc3c(NC(C)(C)C)nc(OCC4(C=O)CC4)nc3c2F)c2c(C#C[Si](C(C)C)(C(C)C)C(C)C)c(F)ccc2c1. The van der Waals surface area contributed by atoms with E-state index in [2.05, 4.69) is 73.3 Å². The Bertz CT molecular complexity index is 1960. The summed E-state index contributed by atoms with van der Waals surface area (Å²) < 4.78 is 49.9. The zero-order valence-corrected chi connectivity index (χ0v) is 31.8. The Morgan fingerprint density at radius 1 is 1.02 bits per heavy atom. The maximum atomic E-state index is 17.1. The number of aromatic nitrogens is 3. The Kier molecular flexibility index (Phi) is 10.6. The van der Waals surface area contributed by atoms with Gasteiger partial charge < -0.3 is 24.3 Å². The minimum atomic E-state index is -2.26. The fraction of sp³-hybridized carbons (Fsp3) is 0.487. The van der Waals surface area contributed by atoms with Crippen LogP contribution in [0.15, 0.2) is 30.5 Å². The van der Waals surface area contributed by atoms with Crippen LogP contribution in [0.2, 0.25) is 16.6 Å². The molecule has 0 atom stereocenters. The van der Waals surface area contributed by atoms with Gasteiger partial charge in [0.25, 0.3) is 0 Å². The van der Waals surface area contributed by atoms with Crippen molar-refractivity contribution in [2.24, 2.45) is 5.41 Å². The maximum absolute atomic E-state index is 17.1. The highest BCUT2D eigenvalue weighted by molar-refractivity contribution is 6.90. The molecule has 2 aromatic heterocycles. The van der Waals surface area contributed by atoms with E-state index in [0.29, 0.717) is 62.8 Å². The summed E-state index contributed by atoms with van der Waals surface area (Å²) in [6.45, 7) is 19.1. The highest BCUT2D eigenvalue weighted by Gasteiger charge is 2.44. The number of fused-ring (bicyclic) bond motifs is 2. The molecular weight excluding hydrogens is 655 g/mol. The lowest BCUT2D eigenvalue weighted by atomic mass is 9.95. The van der Waals surface area contributed by atoms with Crippen molar-refractivity contribution in [1.29, 1.82) is 0 Å². The zero-order valence-electron chi connectivity index (χ0n) is 30.8. The molecule has 1 N–H and O–H groups in total. The quantitative estimate of drug-likeness (QED) is 0.0676. The summed E-state index contributed by atoms with van der Waals surface area (Å²) in [6.07, 6.45) is 3.83. The van der Waals surface area contributed by atoms with Crippen molar-refractivity contribution in [3.8, 4) is 34.5 Å². The largest absolute Gasteiger partial charge is 0.468 e. The Morgan fingerprint density at radius 3 is 2.28 bits per heavy atom. The predicted octanol–water partition coefficient (Wildman–Crippen LogP) is 9.24. The van der Waals surface area contributed by atoms with Crippen molar-refractivity contribution in [2.45, 2.75) is 97.3 Å². The number of nitrogens with one attached hydrogen (secondary N) is 1. The molecule has 50 heavy (non-hydrogen) atoms. The summed E-state index contributed by atoms with van der Waals surface area (Å²) in [7, 11) is -0.757. The van der Waals surface area contributed by atoms with Crippen LogP contribution < -0.4 is 14.8 Å². The van der Waals surface area contributed by atoms with Gasteiger partial charge in [0.05, 0.1) is 16.4 Å². The van der Waals surface area contributed by atoms with Crippen molar-refractivity contribution in [3.05, 3.63) is 47.7 Å². The molecule has 1 fully saturated rings. The molecule has 266 valence electrons. The molecule has 0 aliphatic heterocycles. The molecule has 0 unspecified atom stereocenters. The average Bonchev–Trinajstić information content (AvgIpc) is 3.83. The number of pyridine rings is 1. The molecule has 1 aliphatic rings. The van der Waals surface area contributed by atoms with E-state index in [-0.39, 0.29) is 36.2 Å². The molecule has 1 aliphatic carbocycles. The van der Waals surface area contributed by atoms with E-state index in [1.807, 2.05) is 20.8 Å². The van der Waals surface area contributed by atoms with Crippen LogP contribution in [0.4, 0.5) is 14.6 Å². The zero-order chi connectivity index (χ0) is 36.6. The second kappa shape index (κ2) is 14.2. The highest BCUT2D eigenvalue weighted by atomic mass is 28.3. The fourth-order valence-corrected chi connectivity index (χ4v) is 12.1. The summed E-state index contributed by atoms with van der Waals surface area (Å²) in [5, 5.41) is 4.68. The number of methoxy groups -OCH3 is 1. The smallest absolute Gasteiger partial charge is 0.319 e. The monoisotopic (exact) mass is 702 g/mol. The lowest BCUT2D eigenvalue weighted by Crippen LogP contribution is -2.43. The average molecular weight is 703 g/mol. The Labute approximate surface area is 294 Å². The topological polar surface area (TPSA) is 95.5 Å². The maximum Gasteiger partial charge on any atom is 0.319 e. The van der Waals surface area contributed by atoms with Gasteiger partial charge in [0.15, 0.2) is 12.6 Å². The molecule has 0 spiro atoms. The van der Waals surface area contributed by atoms with Crippen LogP contribution in [0.3, 0.4) is 0 Å². The van der Waals surface area contributed by atoms with Crippen molar-refractivity contribution in [2.75, 3.05) is 25.8 Å². The summed E-state index contributed by atoms with van der Waals surface area (Å²) in [4.78, 5) is 25.3. The predicted molar refractivity (Wildman–Crippen MR) is 197 cm³/mol. The minimum Gasteiger partial charge on any atom is -0.468 e. The second-order valence-electron chi connectivity index (χ2n) is 15.4. The van der Waals surface area contributed by atoms with E-state index in [4.69, 9.17) is 14.2 Å². The molecule has 4 aromatic rings. The van der Waals surface area contributed by atoms with E-state index >= 15 is 8.78 Å². The third-order valence-corrected chi connectivity index (χ3v) is 16.0. The lowest BCUT2D eigenvalue weighted by Gasteiger charge is -2.38. The molecular formula is C39H48F2N4O4Si. The first-order chi connectivity index (χ1) is 23.6. The van der Waals surface area contributed by atoms with Gasteiger partial charge in [-0.25, -0.2) is 8.78 Å². The third kappa shape index (κ3) is 7.33. The fourth-order valence-electron chi connectivity index (χ4n) is 6.94. The number of anilines is 1. The van der Waals surface area contributed by atoms with Crippen molar-refractivity contribution in [3.63, 3.8) is 0 Å². The third-order valence-electron chi connectivity index (χ3n) is 9.70. The van der Waals surface area contributed by atoms with Gasteiger partial charge >= 0.3 is 6.01 Å². The van der Waals surface area contributed by atoms with Crippen LogP contribution in [0.25, 0.3) is 32.9 Å². The van der Waals surface area contributed by atoms with Crippen LogP contribution in [0.5, 0.6) is 11.8 Å². The number of nitrogens with zero attached hydrogens (tertiary/aromatic N) is 3.